The molecule has 1 aromatic carbocycles. The van der Waals surface area contributed by atoms with E-state index in [0.717, 1.165) is 5.56 Å². The average Bonchev–Trinajstić information content (AvgIpc) is 3.64. The van der Waals surface area contributed by atoms with Crippen LogP contribution in [-0.4, -0.2) is 106 Å². The van der Waals surface area contributed by atoms with Crippen molar-refractivity contribution in [1.29, 1.82) is 0 Å². The number of rotatable bonds is 14. The molecule has 0 aliphatic carbocycles. The number of nitrogens with one attached hydrogen (secondary N) is 2. The van der Waals surface area contributed by atoms with E-state index >= 15 is 0 Å². The van der Waals surface area contributed by atoms with Gasteiger partial charge in [-0.3, -0.25) is 9.59 Å². The summed E-state index contributed by atoms with van der Waals surface area (Å²) in [6.45, 7) is 2.67. The van der Waals surface area contributed by atoms with Crippen LogP contribution >= 0.6 is 11.6 Å². The minimum atomic E-state index is -1.53. The van der Waals surface area contributed by atoms with Gasteiger partial charge >= 0.3 is 7.12 Å². The molecule has 6 atom stereocenters. The molecule has 6 N–H and O–H groups in total. The summed E-state index contributed by atoms with van der Waals surface area (Å²) in [6, 6.07) is 14.0. The fourth-order valence-corrected chi connectivity index (χ4v) is 5.37. The third-order valence-corrected chi connectivity index (χ3v) is 7.63. The Morgan fingerprint density at radius 3 is 2.52 bits per heavy atom. The average molecular weight is 633 g/mol. The molecule has 15 heteroatoms. The molecule has 4 rings (SSSR count). The van der Waals surface area contributed by atoms with Gasteiger partial charge in [-0.2, -0.15) is 0 Å². The molecule has 1 fully saturated rings. The number of carbonyl (C=O) groups excluding carboxylic acids is 2. The number of benzene rings is 1. The number of pyridine rings is 1. The van der Waals surface area contributed by atoms with Crippen LogP contribution < -0.4 is 10.6 Å². The third-order valence-electron chi connectivity index (χ3n) is 7.42. The van der Waals surface area contributed by atoms with E-state index in [1.54, 1.807) is 12.1 Å². The Balaban J connectivity index is 1.51. The van der Waals surface area contributed by atoms with Crippen molar-refractivity contribution in [3.8, 4) is 0 Å². The summed E-state index contributed by atoms with van der Waals surface area (Å²) < 4.78 is 11.8. The number of amides is 2. The number of nitrogens with zero attached hydrogens (tertiary/aromatic N) is 2. The fourth-order valence-electron chi connectivity index (χ4n) is 5.20. The van der Waals surface area contributed by atoms with Gasteiger partial charge in [0.15, 0.2) is 0 Å². The van der Waals surface area contributed by atoms with Gasteiger partial charge in [0.2, 0.25) is 5.60 Å². The van der Waals surface area contributed by atoms with Gasteiger partial charge in [-0.25, -0.2) is 4.98 Å². The molecule has 1 saturated heterocycles. The highest BCUT2D eigenvalue weighted by Crippen LogP contribution is 2.31. The minimum Gasteiger partial charge on any atom is -0.402 e. The molecule has 13 nitrogen and oxygen atoms in total. The largest absolute Gasteiger partial charge is 0.481 e. The van der Waals surface area contributed by atoms with E-state index in [2.05, 4.69) is 20.8 Å². The highest BCUT2D eigenvalue weighted by atomic mass is 35.5. The first-order valence-corrected chi connectivity index (χ1v) is 14.8. The first-order chi connectivity index (χ1) is 21.0. The summed E-state index contributed by atoms with van der Waals surface area (Å²) in [5.74, 6) is -1.63. The van der Waals surface area contributed by atoms with Crippen molar-refractivity contribution in [2.75, 3.05) is 19.8 Å². The van der Waals surface area contributed by atoms with Gasteiger partial charge in [0.1, 0.15) is 23.1 Å². The van der Waals surface area contributed by atoms with Crippen LogP contribution in [0.15, 0.2) is 53.7 Å². The highest BCUT2D eigenvalue weighted by Gasteiger charge is 2.52. The lowest BCUT2D eigenvalue weighted by Gasteiger charge is -2.30. The van der Waals surface area contributed by atoms with Crippen LogP contribution in [0.3, 0.4) is 0 Å². The van der Waals surface area contributed by atoms with Crippen molar-refractivity contribution in [3.63, 3.8) is 0 Å². The van der Waals surface area contributed by atoms with E-state index in [9.17, 15) is 30.0 Å². The summed E-state index contributed by atoms with van der Waals surface area (Å²) in [7, 11) is -1.08. The Morgan fingerprint density at radius 1 is 1.11 bits per heavy atom. The van der Waals surface area contributed by atoms with Crippen molar-refractivity contribution in [2.24, 2.45) is 11.1 Å². The molecule has 0 saturated carbocycles. The lowest BCUT2D eigenvalue weighted by molar-refractivity contribution is -0.144. The number of hydrogen-bond acceptors (Lipinski definition) is 11. The highest BCUT2D eigenvalue weighted by molar-refractivity contribution is 6.47. The van der Waals surface area contributed by atoms with Gasteiger partial charge in [-0.1, -0.05) is 67.0 Å². The maximum Gasteiger partial charge on any atom is 0.481 e. The Hall–Kier alpha value is -3.11. The van der Waals surface area contributed by atoms with Crippen LogP contribution in [0.1, 0.15) is 42.7 Å². The molecule has 1 aromatic heterocycles. The Kier molecular flexibility index (Phi) is 11.7. The second-order valence-electron chi connectivity index (χ2n) is 11.4. The lowest BCUT2D eigenvalue weighted by atomic mass is 9.73. The normalized spacial score (nSPS) is 23.5. The molecular formula is C29H38BClN4O9. The van der Waals surface area contributed by atoms with Crippen LogP contribution in [-0.2, 0) is 25.4 Å². The van der Waals surface area contributed by atoms with Gasteiger partial charge < -0.3 is 45.2 Å². The predicted octanol–water partition coefficient (Wildman–Crippen LogP) is 0.271. The molecule has 0 bridgehead atoms. The standard InChI is InChI=1S/C29H38BClN4O9/c1-17(2)11-23(30-42-22(16-37)26(43-30)25(39)21(38)15-36)34-28(41)29(12-18-7-4-3-5-8-18)13-19(35-44-29)14-32-27(40)20-9-6-10-24(31)33-20/h3-10,17,21-23,25-26,36-39H,11-16H2,1-2H3,(H,32,40)(H,34,41)/t21?,22?,23-,25?,26?,29?/m0/s1. The predicted molar refractivity (Wildman–Crippen MR) is 161 cm³/mol. The first-order valence-electron chi connectivity index (χ1n) is 14.4. The van der Waals surface area contributed by atoms with Crippen LogP contribution in [0, 0.1) is 5.92 Å². The zero-order valence-electron chi connectivity index (χ0n) is 24.5. The summed E-state index contributed by atoms with van der Waals surface area (Å²) in [6.07, 6.45) is -4.56. The number of aliphatic hydroxyl groups is 4. The van der Waals surface area contributed by atoms with Crippen molar-refractivity contribution in [1.82, 2.24) is 15.6 Å². The number of oxime groups is 1. The van der Waals surface area contributed by atoms with Gasteiger partial charge in [0.25, 0.3) is 11.8 Å². The molecule has 238 valence electrons. The van der Waals surface area contributed by atoms with Gasteiger partial charge in [-0.05, 0) is 30.0 Å². The number of halogens is 1. The SMILES string of the molecule is CC(C)C[C@H](NC(=O)C1(Cc2ccccc2)CC(CNC(=O)c2cccc(Cl)n2)=NO1)B1OC(CO)C(C(O)C(O)CO)O1. The van der Waals surface area contributed by atoms with Crippen molar-refractivity contribution < 1.29 is 44.2 Å². The van der Waals surface area contributed by atoms with E-state index in [1.165, 1.54) is 6.07 Å². The summed E-state index contributed by atoms with van der Waals surface area (Å²) in [5, 5.41) is 49.6. The van der Waals surface area contributed by atoms with Crippen LogP contribution in [0.25, 0.3) is 0 Å². The maximum atomic E-state index is 14.1. The Labute approximate surface area is 260 Å². The van der Waals surface area contributed by atoms with Gasteiger partial charge in [0, 0.05) is 12.8 Å². The number of carbonyl (C=O) groups is 2. The second kappa shape index (κ2) is 15.3. The fraction of sp³-hybridized carbons (Fsp3) is 0.517. The molecule has 2 aliphatic heterocycles. The van der Waals surface area contributed by atoms with Crippen LogP contribution in [0.5, 0.6) is 0 Å². The molecule has 2 aromatic rings. The van der Waals surface area contributed by atoms with Gasteiger partial charge in [0.05, 0.1) is 43.6 Å². The van der Waals surface area contributed by atoms with E-state index in [-0.39, 0.29) is 36.2 Å². The smallest absolute Gasteiger partial charge is 0.402 e. The molecule has 44 heavy (non-hydrogen) atoms. The van der Waals surface area contributed by atoms with Crippen LogP contribution in [0.4, 0.5) is 0 Å². The van der Waals surface area contributed by atoms with E-state index in [1.807, 2.05) is 44.2 Å². The minimum absolute atomic E-state index is 0.00600. The Bertz CT molecular complexity index is 1310. The van der Waals surface area contributed by atoms with Crippen molar-refractivity contribution in [2.45, 2.75) is 69.1 Å². The number of aliphatic hydroxyl groups excluding tert-OH is 4. The van der Waals surface area contributed by atoms with Crippen LogP contribution in [0.2, 0.25) is 5.15 Å². The van der Waals surface area contributed by atoms with E-state index in [0.29, 0.717) is 12.1 Å². The maximum absolute atomic E-state index is 14.1. The summed E-state index contributed by atoms with van der Waals surface area (Å²) in [4.78, 5) is 36.6. The lowest BCUT2D eigenvalue weighted by Crippen LogP contribution is -2.57. The molecule has 2 amide bonds. The number of hydrogen-bond donors (Lipinski definition) is 6. The van der Waals surface area contributed by atoms with E-state index < -0.39 is 68.1 Å². The molecule has 0 spiro atoms. The topological polar surface area (TPSA) is 192 Å². The molecule has 2 aliphatic rings. The zero-order valence-corrected chi connectivity index (χ0v) is 25.3. The second-order valence-corrected chi connectivity index (χ2v) is 11.8. The molecule has 0 radical (unpaired) electrons. The third kappa shape index (κ3) is 8.33. The summed E-state index contributed by atoms with van der Waals surface area (Å²) >= 11 is 5.90. The molecule has 3 heterocycles. The van der Waals surface area contributed by atoms with E-state index in [4.69, 9.17) is 25.7 Å². The van der Waals surface area contributed by atoms with Gasteiger partial charge in [-0.15, -0.1) is 0 Å². The first kappa shape index (κ1) is 33.8. The Morgan fingerprint density at radius 2 is 1.86 bits per heavy atom. The number of aromatic nitrogens is 1. The summed E-state index contributed by atoms with van der Waals surface area (Å²) in [5.41, 5.74) is -0.0795. The zero-order chi connectivity index (χ0) is 31.9. The molecular weight excluding hydrogens is 595 g/mol. The van der Waals surface area contributed by atoms with Crippen molar-refractivity contribution in [3.05, 3.63) is 64.9 Å². The molecule has 5 unspecified atom stereocenters. The quantitative estimate of drug-likeness (QED) is 0.124. The van der Waals surface area contributed by atoms with Crippen molar-refractivity contribution >= 4 is 36.2 Å². The monoisotopic (exact) mass is 632 g/mol.